The Hall–Kier alpha value is -3.80. The summed E-state index contributed by atoms with van der Waals surface area (Å²) in [6.45, 7) is 5.54. The molecule has 0 aliphatic carbocycles. The van der Waals surface area contributed by atoms with Crippen molar-refractivity contribution in [3.05, 3.63) is 90.0 Å². The minimum absolute atomic E-state index is 0.0850. The number of anilines is 2. The van der Waals surface area contributed by atoms with E-state index in [2.05, 4.69) is 29.8 Å². The monoisotopic (exact) mass is 445 g/mol. The van der Waals surface area contributed by atoms with Crippen LogP contribution in [0.1, 0.15) is 36.2 Å². The van der Waals surface area contributed by atoms with Crippen LogP contribution in [0.25, 0.3) is 0 Å². The predicted molar refractivity (Wildman–Crippen MR) is 133 cm³/mol. The molecule has 3 aromatic carbocycles. The molecule has 3 N–H and O–H groups in total. The summed E-state index contributed by atoms with van der Waals surface area (Å²) in [5.41, 5.74) is 2.97. The van der Waals surface area contributed by atoms with Gasteiger partial charge < -0.3 is 20.7 Å². The zero-order chi connectivity index (χ0) is 23.5. The first kappa shape index (κ1) is 23.9. The molecule has 0 aromatic heterocycles. The zero-order valence-electron chi connectivity index (χ0n) is 19.1. The van der Waals surface area contributed by atoms with Gasteiger partial charge in [0.1, 0.15) is 5.75 Å². The van der Waals surface area contributed by atoms with E-state index in [0.717, 1.165) is 17.7 Å². The van der Waals surface area contributed by atoms with Gasteiger partial charge in [0.15, 0.2) is 0 Å². The normalized spacial score (nSPS) is 10.5. The highest BCUT2D eigenvalue weighted by Gasteiger charge is 2.08. The van der Waals surface area contributed by atoms with Crippen LogP contribution < -0.4 is 20.7 Å². The van der Waals surface area contributed by atoms with Crippen molar-refractivity contribution in [2.24, 2.45) is 5.92 Å². The summed E-state index contributed by atoms with van der Waals surface area (Å²) in [6, 6.07) is 24.2. The van der Waals surface area contributed by atoms with Gasteiger partial charge in [0.2, 0.25) is 5.91 Å². The Labute approximate surface area is 195 Å². The molecular formula is C27H31N3O3. The van der Waals surface area contributed by atoms with Gasteiger partial charge in [-0.3, -0.25) is 9.59 Å². The first-order valence-corrected chi connectivity index (χ1v) is 11.2. The van der Waals surface area contributed by atoms with Gasteiger partial charge in [-0.05, 0) is 60.4 Å². The third-order valence-electron chi connectivity index (χ3n) is 4.98. The fourth-order valence-electron chi connectivity index (χ4n) is 3.09. The summed E-state index contributed by atoms with van der Waals surface area (Å²) in [5, 5.41) is 8.83. The maximum atomic E-state index is 12.4. The molecule has 33 heavy (non-hydrogen) atoms. The van der Waals surface area contributed by atoms with Crippen molar-refractivity contribution in [3.63, 3.8) is 0 Å². The molecule has 0 atom stereocenters. The van der Waals surface area contributed by atoms with E-state index in [9.17, 15) is 9.59 Å². The van der Waals surface area contributed by atoms with Crippen molar-refractivity contribution in [2.75, 3.05) is 23.8 Å². The maximum absolute atomic E-state index is 12.4. The minimum Gasteiger partial charge on any atom is -0.494 e. The Balaban J connectivity index is 1.44. The van der Waals surface area contributed by atoms with Crippen molar-refractivity contribution in [3.8, 4) is 5.75 Å². The van der Waals surface area contributed by atoms with Crippen LogP contribution in [0.2, 0.25) is 0 Å². The van der Waals surface area contributed by atoms with Gasteiger partial charge in [-0.25, -0.2) is 0 Å². The molecule has 172 valence electrons. The number of hydrogen-bond acceptors (Lipinski definition) is 4. The largest absolute Gasteiger partial charge is 0.494 e. The highest BCUT2D eigenvalue weighted by Crippen LogP contribution is 2.17. The van der Waals surface area contributed by atoms with Crippen molar-refractivity contribution >= 4 is 23.2 Å². The lowest BCUT2D eigenvalue weighted by Gasteiger charge is -2.11. The van der Waals surface area contributed by atoms with Gasteiger partial charge in [0, 0.05) is 23.5 Å². The van der Waals surface area contributed by atoms with Gasteiger partial charge in [-0.2, -0.15) is 0 Å². The molecule has 0 spiro atoms. The zero-order valence-corrected chi connectivity index (χ0v) is 19.1. The van der Waals surface area contributed by atoms with E-state index in [1.54, 1.807) is 18.2 Å². The van der Waals surface area contributed by atoms with Crippen LogP contribution in [0.3, 0.4) is 0 Å². The molecule has 3 aromatic rings. The number of carbonyl (C=O) groups excluding carboxylic acids is 2. The molecule has 0 aliphatic rings. The van der Waals surface area contributed by atoms with Crippen molar-refractivity contribution in [1.29, 1.82) is 0 Å². The molecule has 0 aliphatic heterocycles. The average molecular weight is 446 g/mol. The molecule has 0 radical (unpaired) electrons. The van der Waals surface area contributed by atoms with E-state index in [1.807, 2.05) is 60.7 Å². The number of nitrogens with one attached hydrogen (secondary N) is 3. The average Bonchev–Trinajstić information content (AvgIpc) is 2.83. The summed E-state index contributed by atoms with van der Waals surface area (Å²) >= 11 is 0. The number of carbonyl (C=O) groups is 2. The first-order chi connectivity index (χ1) is 16.0. The molecule has 0 saturated carbocycles. The summed E-state index contributed by atoms with van der Waals surface area (Å²) in [4.78, 5) is 24.8. The van der Waals surface area contributed by atoms with E-state index >= 15 is 0 Å². The second kappa shape index (κ2) is 12.3. The van der Waals surface area contributed by atoms with Gasteiger partial charge in [0.25, 0.3) is 5.91 Å². The molecule has 0 heterocycles. The number of rotatable bonds is 11. The Morgan fingerprint density at radius 3 is 2.36 bits per heavy atom. The lowest BCUT2D eigenvalue weighted by atomic mass is 10.1. The van der Waals surface area contributed by atoms with Crippen molar-refractivity contribution in [2.45, 2.75) is 26.8 Å². The van der Waals surface area contributed by atoms with Crippen LogP contribution in [0, 0.1) is 5.92 Å². The van der Waals surface area contributed by atoms with Crippen LogP contribution in [-0.2, 0) is 11.3 Å². The van der Waals surface area contributed by atoms with E-state index in [4.69, 9.17) is 4.74 Å². The van der Waals surface area contributed by atoms with Crippen LogP contribution >= 0.6 is 0 Å². The van der Waals surface area contributed by atoms with E-state index < -0.39 is 0 Å². The highest BCUT2D eigenvalue weighted by atomic mass is 16.5. The predicted octanol–water partition coefficient (Wildman–Crippen LogP) is 5.09. The highest BCUT2D eigenvalue weighted by molar-refractivity contribution is 5.96. The number of ether oxygens (including phenoxy) is 1. The lowest BCUT2D eigenvalue weighted by Crippen LogP contribution is -2.23. The standard InChI is InChI=1S/C27H31N3O3/c1-20(2)15-16-33-25-13-11-23(12-14-25)30-26(31)19-28-24-10-6-9-22(17-24)27(32)29-18-21-7-4-3-5-8-21/h3-14,17,20,28H,15-16,18-19H2,1-2H3,(H,29,32)(H,30,31). The number of benzene rings is 3. The Kier molecular flexibility index (Phi) is 8.88. The van der Waals surface area contributed by atoms with Crippen LogP contribution in [-0.4, -0.2) is 25.0 Å². The van der Waals surface area contributed by atoms with Gasteiger partial charge in [-0.15, -0.1) is 0 Å². The first-order valence-electron chi connectivity index (χ1n) is 11.2. The Morgan fingerprint density at radius 1 is 0.879 bits per heavy atom. The van der Waals surface area contributed by atoms with E-state index in [-0.39, 0.29) is 18.4 Å². The molecular weight excluding hydrogens is 414 g/mol. The van der Waals surface area contributed by atoms with E-state index in [0.29, 0.717) is 36.0 Å². The molecule has 0 saturated heterocycles. The molecule has 0 bridgehead atoms. The summed E-state index contributed by atoms with van der Waals surface area (Å²) in [7, 11) is 0. The van der Waals surface area contributed by atoms with Gasteiger partial charge >= 0.3 is 0 Å². The Bertz CT molecular complexity index is 1030. The molecule has 0 fully saturated rings. The quantitative estimate of drug-likeness (QED) is 0.384. The second-order valence-corrected chi connectivity index (χ2v) is 8.21. The molecule has 6 nitrogen and oxygen atoms in total. The second-order valence-electron chi connectivity index (χ2n) is 8.21. The molecule has 3 rings (SSSR count). The van der Waals surface area contributed by atoms with Crippen LogP contribution in [0.4, 0.5) is 11.4 Å². The van der Waals surface area contributed by atoms with Crippen LogP contribution in [0.5, 0.6) is 5.75 Å². The van der Waals surface area contributed by atoms with E-state index in [1.165, 1.54) is 0 Å². The van der Waals surface area contributed by atoms with Crippen molar-refractivity contribution < 1.29 is 14.3 Å². The van der Waals surface area contributed by atoms with Crippen molar-refractivity contribution in [1.82, 2.24) is 5.32 Å². The molecule has 0 unspecified atom stereocenters. The maximum Gasteiger partial charge on any atom is 0.251 e. The van der Waals surface area contributed by atoms with Gasteiger partial charge in [-0.1, -0.05) is 50.2 Å². The fraction of sp³-hybridized carbons (Fsp3) is 0.259. The fourth-order valence-corrected chi connectivity index (χ4v) is 3.09. The third-order valence-corrected chi connectivity index (χ3v) is 4.98. The number of amides is 2. The molecule has 2 amide bonds. The SMILES string of the molecule is CC(C)CCOc1ccc(NC(=O)CNc2cccc(C(=O)NCc3ccccc3)c2)cc1. The van der Waals surface area contributed by atoms with Gasteiger partial charge in [0.05, 0.1) is 13.2 Å². The number of hydrogen-bond donors (Lipinski definition) is 3. The Morgan fingerprint density at radius 2 is 1.64 bits per heavy atom. The summed E-state index contributed by atoms with van der Waals surface area (Å²) in [5.74, 6) is 1.04. The minimum atomic E-state index is -0.178. The lowest BCUT2D eigenvalue weighted by molar-refractivity contribution is -0.114. The summed E-state index contributed by atoms with van der Waals surface area (Å²) < 4.78 is 5.70. The smallest absolute Gasteiger partial charge is 0.251 e. The summed E-state index contributed by atoms with van der Waals surface area (Å²) in [6.07, 6.45) is 1.00. The molecule has 6 heteroatoms. The topological polar surface area (TPSA) is 79.5 Å². The third kappa shape index (κ3) is 8.33. The van der Waals surface area contributed by atoms with Crippen LogP contribution in [0.15, 0.2) is 78.9 Å².